The minimum Gasteiger partial charge on any atom is -0.356 e. The zero-order valence-corrected chi connectivity index (χ0v) is 14.9. The third kappa shape index (κ3) is 2.54. The van der Waals surface area contributed by atoms with Crippen LogP contribution in [0, 0.1) is 0 Å². The Hall–Kier alpha value is -1.20. The van der Waals surface area contributed by atoms with Gasteiger partial charge in [0, 0.05) is 28.8 Å². The smallest absolute Gasteiger partial charge is 0.150 e. The van der Waals surface area contributed by atoms with Crippen molar-refractivity contribution in [3.63, 3.8) is 0 Å². The van der Waals surface area contributed by atoms with E-state index in [0.717, 1.165) is 53.2 Å². The summed E-state index contributed by atoms with van der Waals surface area (Å²) in [7, 11) is 0. The molecule has 0 radical (unpaired) electrons. The monoisotopic (exact) mass is 376 g/mol. The largest absolute Gasteiger partial charge is 0.356 e. The van der Waals surface area contributed by atoms with E-state index >= 15 is 0 Å². The Morgan fingerprint density at radius 1 is 1.30 bits per heavy atom. The number of fused-ring (bicyclic) bond motifs is 2. The summed E-state index contributed by atoms with van der Waals surface area (Å²) in [5.41, 5.74) is 3.55. The second-order valence-electron chi connectivity index (χ2n) is 6.65. The highest BCUT2D eigenvalue weighted by molar-refractivity contribution is 9.10. The Morgan fingerprint density at radius 2 is 2.17 bits per heavy atom. The van der Waals surface area contributed by atoms with Gasteiger partial charge in [0.25, 0.3) is 0 Å². The first-order valence-corrected chi connectivity index (χ1v) is 9.29. The summed E-state index contributed by atoms with van der Waals surface area (Å²) in [6, 6.07) is 2.23. The molecule has 1 aromatic heterocycles. The molecule has 4 nitrogen and oxygen atoms in total. The van der Waals surface area contributed by atoms with Crippen molar-refractivity contribution < 1.29 is 9.53 Å². The van der Waals surface area contributed by atoms with Gasteiger partial charge in [-0.3, -0.25) is 4.79 Å². The van der Waals surface area contributed by atoms with Crippen LogP contribution in [0.25, 0.3) is 10.9 Å². The van der Waals surface area contributed by atoms with E-state index in [-0.39, 0.29) is 12.1 Å². The Balaban J connectivity index is 1.87. The maximum atomic E-state index is 12.3. The molecule has 1 aliphatic heterocycles. The maximum Gasteiger partial charge on any atom is 0.150 e. The summed E-state index contributed by atoms with van der Waals surface area (Å²) in [4.78, 5) is 12.3. The number of benzene rings is 1. The van der Waals surface area contributed by atoms with Crippen molar-refractivity contribution in [1.29, 1.82) is 0 Å². The van der Waals surface area contributed by atoms with Crippen molar-refractivity contribution in [1.82, 2.24) is 9.78 Å². The van der Waals surface area contributed by atoms with Crippen LogP contribution in [0.1, 0.15) is 62.3 Å². The summed E-state index contributed by atoms with van der Waals surface area (Å²) in [5, 5.41) is 5.68. The van der Waals surface area contributed by atoms with Gasteiger partial charge in [-0.25, -0.2) is 4.68 Å². The van der Waals surface area contributed by atoms with E-state index in [9.17, 15) is 4.79 Å². The number of carbonyl (C=O) groups is 1. The number of ether oxygens (including phenoxy) is 1. The van der Waals surface area contributed by atoms with Crippen LogP contribution in [0.3, 0.4) is 0 Å². The molecule has 0 saturated carbocycles. The number of nitrogens with zero attached hydrogens (tertiary/aromatic N) is 2. The van der Waals surface area contributed by atoms with Crippen molar-refractivity contribution in [2.45, 2.75) is 57.6 Å². The van der Waals surface area contributed by atoms with Crippen LogP contribution >= 0.6 is 15.9 Å². The lowest BCUT2D eigenvalue weighted by Gasteiger charge is -2.24. The SMILES string of the molecule is CC1C(=O)CCCc2cc3c(cnn3C3CCCCO3)c(Br)c21. The number of ketones is 1. The molecule has 23 heavy (non-hydrogen) atoms. The van der Waals surface area contributed by atoms with E-state index in [1.807, 2.05) is 17.8 Å². The molecule has 0 spiro atoms. The molecule has 2 atom stereocenters. The second-order valence-corrected chi connectivity index (χ2v) is 7.44. The standard InChI is InChI=1S/C18H21BrN2O2/c1-11-15(22)6-4-5-12-9-14-13(18(19)17(11)12)10-20-21(14)16-7-2-3-8-23-16/h9-11,16H,2-8H2,1H3. The van der Waals surface area contributed by atoms with E-state index in [4.69, 9.17) is 4.74 Å². The highest BCUT2D eigenvalue weighted by Crippen LogP contribution is 2.39. The zero-order chi connectivity index (χ0) is 16.0. The fourth-order valence-corrected chi connectivity index (χ4v) is 4.77. The molecule has 0 N–H and O–H groups in total. The van der Waals surface area contributed by atoms with Crippen LogP contribution < -0.4 is 0 Å². The van der Waals surface area contributed by atoms with Crippen LogP contribution in [0.15, 0.2) is 16.7 Å². The van der Waals surface area contributed by atoms with E-state index in [1.165, 1.54) is 12.0 Å². The Labute approximate surface area is 144 Å². The van der Waals surface area contributed by atoms with Crippen LogP contribution in [0.2, 0.25) is 0 Å². The van der Waals surface area contributed by atoms with Gasteiger partial charge in [-0.2, -0.15) is 5.10 Å². The van der Waals surface area contributed by atoms with Gasteiger partial charge in [0.05, 0.1) is 11.7 Å². The zero-order valence-electron chi connectivity index (χ0n) is 13.3. The van der Waals surface area contributed by atoms with Crippen LogP contribution in [0.4, 0.5) is 0 Å². The lowest BCUT2D eigenvalue weighted by Crippen LogP contribution is -2.19. The van der Waals surface area contributed by atoms with E-state index in [0.29, 0.717) is 12.2 Å². The number of aromatic nitrogens is 2. The topological polar surface area (TPSA) is 44.1 Å². The second kappa shape index (κ2) is 6.02. The highest BCUT2D eigenvalue weighted by Gasteiger charge is 2.27. The van der Waals surface area contributed by atoms with E-state index in [1.54, 1.807) is 0 Å². The highest BCUT2D eigenvalue weighted by atomic mass is 79.9. The van der Waals surface area contributed by atoms with Gasteiger partial charge in [0.1, 0.15) is 5.78 Å². The molecule has 122 valence electrons. The average Bonchev–Trinajstić information content (AvgIpc) is 2.93. The van der Waals surface area contributed by atoms with Crippen molar-refractivity contribution in [3.8, 4) is 0 Å². The normalized spacial score (nSPS) is 25.4. The van der Waals surface area contributed by atoms with Gasteiger partial charge in [0.2, 0.25) is 0 Å². The summed E-state index contributed by atoms with van der Waals surface area (Å²) >= 11 is 3.76. The number of hydrogen-bond acceptors (Lipinski definition) is 3. The molecule has 1 fully saturated rings. The third-order valence-corrected chi connectivity index (χ3v) is 6.03. The minimum atomic E-state index is -0.0412. The van der Waals surface area contributed by atoms with Crippen LogP contribution in [-0.2, 0) is 16.0 Å². The molecule has 2 aliphatic rings. The molecular weight excluding hydrogens is 356 g/mol. The molecule has 4 rings (SSSR count). The fraction of sp³-hybridized carbons (Fsp3) is 0.556. The van der Waals surface area contributed by atoms with Crippen molar-refractivity contribution in [2.75, 3.05) is 6.61 Å². The lowest BCUT2D eigenvalue weighted by atomic mass is 9.92. The first kappa shape index (κ1) is 15.3. The van der Waals surface area contributed by atoms with Crippen molar-refractivity contribution >= 4 is 32.6 Å². The van der Waals surface area contributed by atoms with E-state index < -0.39 is 0 Å². The van der Waals surface area contributed by atoms with Crippen molar-refractivity contribution in [3.05, 3.63) is 27.9 Å². The lowest BCUT2D eigenvalue weighted by molar-refractivity contribution is -0.120. The molecule has 1 aliphatic carbocycles. The van der Waals surface area contributed by atoms with Gasteiger partial charge in [0.15, 0.2) is 6.23 Å². The molecule has 0 amide bonds. The summed E-state index contributed by atoms with van der Waals surface area (Å²) in [6.07, 6.45) is 7.84. The van der Waals surface area contributed by atoms with Gasteiger partial charge < -0.3 is 4.74 Å². The number of rotatable bonds is 1. The predicted molar refractivity (Wildman–Crippen MR) is 92.6 cm³/mol. The van der Waals surface area contributed by atoms with Gasteiger partial charge in [-0.05, 0) is 65.2 Å². The van der Waals surface area contributed by atoms with Crippen LogP contribution in [-0.4, -0.2) is 22.2 Å². The molecule has 2 unspecified atom stereocenters. The number of Topliss-reactive ketones (excluding diaryl/α,β-unsaturated/α-hetero) is 1. The number of hydrogen-bond donors (Lipinski definition) is 0. The van der Waals surface area contributed by atoms with Gasteiger partial charge in [-0.15, -0.1) is 0 Å². The molecule has 0 bridgehead atoms. The average molecular weight is 377 g/mol. The van der Waals surface area contributed by atoms with Crippen molar-refractivity contribution in [2.24, 2.45) is 0 Å². The third-order valence-electron chi connectivity index (χ3n) is 5.18. The van der Waals surface area contributed by atoms with Crippen LogP contribution in [0.5, 0.6) is 0 Å². The number of halogens is 1. The Kier molecular flexibility index (Phi) is 4.01. The van der Waals surface area contributed by atoms with E-state index in [2.05, 4.69) is 27.1 Å². The first-order chi connectivity index (χ1) is 11.2. The minimum absolute atomic E-state index is 0.0380. The molecular formula is C18H21BrN2O2. The van der Waals surface area contributed by atoms with Gasteiger partial charge >= 0.3 is 0 Å². The number of carbonyl (C=O) groups excluding carboxylic acids is 1. The molecule has 2 aromatic rings. The summed E-state index contributed by atoms with van der Waals surface area (Å²) < 4.78 is 8.97. The Morgan fingerprint density at radius 3 is 2.96 bits per heavy atom. The fourth-order valence-electron chi connectivity index (χ4n) is 3.87. The summed E-state index contributed by atoms with van der Waals surface area (Å²) in [5.74, 6) is 0.298. The maximum absolute atomic E-state index is 12.3. The summed E-state index contributed by atoms with van der Waals surface area (Å²) in [6.45, 7) is 2.83. The first-order valence-electron chi connectivity index (χ1n) is 8.49. The Bertz CT molecular complexity index is 762. The quantitative estimate of drug-likeness (QED) is 0.687. The predicted octanol–water partition coefficient (Wildman–Crippen LogP) is 4.51. The molecule has 1 saturated heterocycles. The number of aryl methyl sites for hydroxylation is 1. The molecule has 2 heterocycles. The molecule has 5 heteroatoms. The van der Waals surface area contributed by atoms with Gasteiger partial charge in [-0.1, -0.05) is 6.92 Å². The molecule has 1 aromatic carbocycles.